The fourth-order valence-corrected chi connectivity index (χ4v) is 4.02. The molecule has 3 rings (SSSR count). The molecule has 2 atom stereocenters. The minimum atomic E-state index is -0.181. The second-order valence-electron chi connectivity index (χ2n) is 7.87. The van der Waals surface area contributed by atoms with Gasteiger partial charge in [-0.1, -0.05) is 17.7 Å². The first-order valence-electron chi connectivity index (χ1n) is 9.92. The molecule has 0 radical (unpaired) electrons. The van der Waals surface area contributed by atoms with E-state index in [4.69, 9.17) is 4.74 Å². The Labute approximate surface area is 161 Å². The molecule has 27 heavy (non-hydrogen) atoms. The molecule has 0 bridgehead atoms. The first-order chi connectivity index (χ1) is 13.1. The first-order valence-corrected chi connectivity index (χ1v) is 9.92. The number of hydrogen-bond acceptors (Lipinski definition) is 4. The molecule has 2 aliphatic heterocycles. The molecule has 1 aromatic carbocycles. The molecule has 1 aromatic rings. The number of carbonyl (C=O) groups is 2. The summed E-state index contributed by atoms with van der Waals surface area (Å²) in [5, 5.41) is 6.26. The van der Waals surface area contributed by atoms with Gasteiger partial charge in [-0.25, -0.2) is 0 Å². The minimum absolute atomic E-state index is 0.0114. The molecule has 2 amide bonds. The Hall–Kier alpha value is -1.92. The van der Waals surface area contributed by atoms with Crippen LogP contribution in [0.15, 0.2) is 24.3 Å². The molecule has 2 saturated heterocycles. The standard InChI is InChI=1S/C21H31N3O3/c1-15-3-5-19(6-4-15)23-20(25)17-11-18(13-22-12-17)21(26)24-9-7-16(8-10-24)14-27-2/h3-6,16-18,22H,7-14H2,1-2H3,(H,23,25)/t17-,18+/m0/s1. The summed E-state index contributed by atoms with van der Waals surface area (Å²) in [6.07, 6.45) is 2.61. The van der Waals surface area contributed by atoms with Gasteiger partial charge in [-0.2, -0.15) is 0 Å². The number of nitrogens with zero attached hydrogens (tertiary/aromatic N) is 1. The molecular weight excluding hydrogens is 342 g/mol. The lowest BCUT2D eigenvalue weighted by Crippen LogP contribution is -2.50. The van der Waals surface area contributed by atoms with Gasteiger partial charge >= 0.3 is 0 Å². The second-order valence-corrected chi connectivity index (χ2v) is 7.87. The van der Waals surface area contributed by atoms with Crippen LogP contribution in [-0.4, -0.2) is 56.6 Å². The number of carbonyl (C=O) groups excluding carboxylic acids is 2. The molecule has 6 heteroatoms. The lowest BCUT2D eigenvalue weighted by atomic mass is 9.87. The van der Waals surface area contributed by atoms with Crippen LogP contribution >= 0.6 is 0 Å². The van der Waals surface area contributed by atoms with Crippen molar-refractivity contribution in [3.63, 3.8) is 0 Å². The molecule has 0 aliphatic carbocycles. The van der Waals surface area contributed by atoms with Crippen molar-refractivity contribution < 1.29 is 14.3 Å². The third-order valence-electron chi connectivity index (χ3n) is 5.72. The lowest BCUT2D eigenvalue weighted by molar-refractivity contribution is -0.138. The molecule has 0 aromatic heterocycles. The monoisotopic (exact) mass is 373 g/mol. The van der Waals surface area contributed by atoms with Crippen LogP contribution in [0.1, 0.15) is 24.8 Å². The Morgan fingerprint density at radius 3 is 2.48 bits per heavy atom. The van der Waals surface area contributed by atoms with Crippen molar-refractivity contribution in [3.05, 3.63) is 29.8 Å². The number of amides is 2. The predicted molar refractivity (Wildman–Crippen MR) is 105 cm³/mol. The summed E-state index contributed by atoms with van der Waals surface area (Å²) in [4.78, 5) is 27.5. The van der Waals surface area contributed by atoms with Gasteiger partial charge < -0.3 is 20.3 Å². The molecule has 2 aliphatic rings. The van der Waals surface area contributed by atoms with E-state index in [0.717, 1.165) is 43.8 Å². The Kier molecular flexibility index (Phi) is 6.85. The van der Waals surface area contributed by atoms with E-state index in [2.05, 4.69) is 10.6 Å². The highest BCUT2D eigenvalue weighted by molar-refractivity contribution is 5.93. The average Bonchev–Trinajstić information content (AvgIpc) is 2.70. The number of nitrogens with one attached hydrogen (secondary N) is 2. The molecule has 6 nitrogen and oxygen atoms in total. The van der Waals surface area contributed by atoms with Gasteiger partial charge in [-0.15, -0.1) is 0 Å². The number of rotatable bonds is 5. The van der Waals surface area contributed by atoms with Gasteiger partial charge in [0.2, 0.25) is 11.8 Å². The van der Waals surface area contributed by atoms with Gasteiger partial charge in [-0.3, -0.25) is 9.59 Å². The van der Waals surface area contributed by atoms with Crippen LogP contribution < -0.4 is 10.6 Å². The fourth-order valence-electron chi connectivity index (χ4n) is 4.02. The summed E-state index contributed by atoms with van der Waals surface area (Å²) in [7, 11) is 1.73. The van der Waals surface area contributed by atoms with Crippen molar-refractivity contribution in [1.82, 2.24) is 10.2 Å². The molecule has 2 N–H and O–H groups in total. The summed E-state index contributed by atoms with van der Waals surface area (Å²) >= 11 is 0. The number of likely N-dealkylation sites (tertiary alicyclic amines) is 1. The summed E-state index contributed by atoms with van der Waals surface area (Å²) in [5.74, 6) is 0.428. The Balaban J connectivity index is 1.52. The highest BCUT2D eigenvalue weighted by atomic mass is 16.5. The summed E-state index contributed by atoms with van der Waals surface area (Å²) in [6.45, 7) is 5.66. The van der Waals surface area contributed by atoms with Crippen LogP contribution in [0, 0.1) is 24.7 Å². The normalized spacial score (nSPS) is 23.9. The third kappa shape index (κ3) is 5.30. The first kappa shape index (κ1) is 19.8. The number of aryl methyl sites for hydroxylation is 1. The lowest BCUT2D eigenvalue weighted by Gasteiger charge is -2.36. The van der Waals surface area contributed by atoms with Crippen LogP contribution in [0.2, 0.25) is 0 Å². The summed E-state index contributed by atoms with van der Waals surface area (Å²) in [6, 6.07) is 7.79. The van der Waals surface area contributed by atoms with E-state index in [-0.39, 0.29) is 23.7 Å². The zero-order valence-electron chi connectivity index (χ0n) is 16.4. The number of methoxy groups -OCH3 is 1. The van der Waals surface area contributed by atoms with E-state index in [9.17, 15) is 9.59 Å². The van der Waals surface area contributed by atoms with Crippen molar-refractivity contribution in [2.45, 2.75) is 26.2 Å². The van der Waals surface area contributed by atoms with Crippen molar-refractivity contribution in [2.24, 2.45) is 17.8 Å². The molecule has 0 unspecified atom stereocenters. The highest BCUT2D eigenvalue weighted by Crippen LogP contribution is 2.24. The number of piperidine rings is 2. The smallest absolute Gasteiger partial charge is 0.228 e. The quantitative estimate of drug-likeness (QED) is 0.829. The fraction of sp³-hybridized carbons (Fsp3) is 0.619. The molecule has 2 fully saturated rings. The largest absolute Gasteiger partial charge is 0.384 e. The van der Waals surface area contributed by atoms with E-state index < -0.39 is 0 Å². The Morgan fingerprint density at radius 1 is 1.15 bits per heavy atom. The van der Waals surface area contributed by atoms with Crippen LogP contribution in [0.5, 0.6) is 0 Å². The van der Waals surface area contributed by atoms with Gasteiger partial charge in [0.25, 0.3) is 0 Å². The Bertz CT molecular complexity index is 639. The van der Waals surface area contributed by atoms with E-state index in [1.54, 1.807) is 7.11 Å². The van der Waals surface area contributed by atoms with Crippen molar-refractivity contribution in [1.29, 1.82) is 0 Å². The topological polar surface area (TPSA) is 70.7 Å². The number of ether oxygens (including phenoxy) is 1. The Morgan fingerprint density at radius 2 is 1.81 bits per heavy atom. The SMILES string of the molecule is COCC1CCN(C(=O)[C@H]2CNC[C@@H](C(=O)Nc3ccc(C)cc3)C2)CC1. The van der Waals surface area contributed by atoms with Gasteiger partial charge in [0.15, 0.2) is 0 Å². The van der Waals surface area contributed by atoms with Crippen LogP contribution in [-0.2, 0) is 14.3 Å². The molecule has 0 saturated carbocycles. The van der Waals surface area contributed by atoms with Gasteiger partial charge in [-0.05, 0) is 44.2 Å². The van der Waals surface area contributed by atoms with Crippen LogP contribution in [0.4, 0.5) is 5.69 Å². The van der Waals surface area contributed by atoms with E-state index in [0.29, 0.717) is 25.4 Å². The predicted octanol–water partition coefficient (Wildman–Crippen LogP) is 2.04. The third-order valence-corrected chi connectivity index (χ3v) is 5.72. The molecule has 148 valence electrons. The van der Waals surface area contributed by atoms with Crippen LogP contribution in [0.3, 0.4) is 0 Å². The maximum absolute atomic E-state index is 12.9. The zero-order valence-corrected chi connectivity index (χ0v) is 16.4. The van der Waals surface area contributed by atoms with Crippen molar-refractivity contribution in [3.8, 4) is 0 Å². The minimum Gasteiger partial charge on any atom is -0.384 e. The highest BCUT2D eigenvalue weighted by Gasteiger charge is 2.34. The van der Waals surface area contributed by atoms with E-state index in [1.807, 2.05) is 36.1 Å². The summed E-state index contributed by atoms with van der Waals surface area (Å²) < 4.78 is 5.23. The maximum Gasteiger partial charge on any atom is 0.228 e. The number of hydrogen-bond donors (Lipinski definition) is 2. The maximum atomic E-state index is 12.9. The average molecular weight is 373 g/mol. The molecule has 0 spiro atoms. The number of benzene rings is 1. The summed E-state index contributed by atoms with van der Waals surface area (Å²) in [5.41, 5.74) is 1.96. The van der Waals surface area contributed by atoms with Gasteiger partial charge in [0.1, 0.15) is 0 Å². The number of anilines is 1. The molecular formula is C21H31N3O3. The van der Waals surface area contributed by atoms with E-state index >= 15 is 0 Å². The second kappa shape index (κ2) is 9.33. The van der Waals surface area contributed by atoms with Gasteiger partial charge in [0, 0.05) is 45.6 Å². The van der Waals surface area contributed by atoms with Crippen LogP contribution in [0.25, 0.3) is 0 Å². The zero-order chi connectivity index (χ0) is 19.2. The van der Waals surface area contributed by atoms with E-state index in [1.165, 1.54) is 0 Å². The van der Waals surface area contributed by atoms with Crippen molar-refractivity contribution in [2.75, 3.05) is 45.2 Å². The van der Waals surface area contributed by atoms with Crippen molar-refractivity contribution >= 4 is 17.5 Å². The molecule has 2 heterocycles. The van der Waals surface area contributed by atoms with Gasteiger partial charge in [0.05, 0.1) is 11.8 Å².